The minimum atomic E-state index is -4.63. The molecule has 0 unspecified atom stereocenters. The molecule has 0 saturated carbocycles. The number of rotatable bonds is 5. The van der Waals surface area contributed by atoms with E-state index in [0.717, 1.165) is 41.7 Å². The first-order valence-electron chi connectivity index (χ1n) is 9.37. The lowest BCUT2D eigenvalue weighted by atomic mass is 9.92. The van der Waals surface area contributed by atoms with Crippen molar-refractivity contribution in [3.63, 3.8) is 0 Å². The second-order valence-corrected chi connectivity index (χ2v) is 9.37. The van der Waals surface area contributed by atoms with E-state index in [1.54, 1.807) is 12.1 Å². The number of alkyl halides is 3. The van der Waals surface area contributed by atoms with E-state index in [1.165, 1.54) is 11.8 Å². The SMILES string of the molecule is O=S(=O)(NCCc1nnc2c(C(F)(F)F)cc(Cl)cn12)c1ccc2c(c1)CCCC2. The Morgan fingerprint density at radius 1 is 1.10 bits per heavy atom. The average Bonchev–Trinajstić information content (AvgIpc) is 3.08. The van der Waals surface area contributed by atoms with Gasteiger partial charge >= 0.3 is 6.18 Å². The molecule has 0 spiro atoms. The largest absolute Gasteiger partial charge is 0.420 e. The van der Waals surface area contributed by atoms with Crippen molar-refractivity contribution in [3.05, 3.63) is 58.0 Å². The summed E-state index contributed by atoms with van der Waals surface area (Å²) in [6.07, 6.45) is 0.626. The Morgan fingerprint density at radius 2 is 1.83 bits per heavy atom. The highest BCUT2D eigenvalue weighted by atomic mass is 35.5. The normalized spacial score (nSPS) is 14.8. The van der Waals surface area contributed by atoms with Gasteiger partial charge in [-0.25, -0.2) is 13.1 Å². The van der Waals surface area contributed by atoms with E-state index in [-0.39, 0.29) is 34.4 Å². The second kappa shape index (κ2) is 7.82. The van der Waals surface area contributed by atoms with Crippen molar-refractivity contribution < 1.29 is 21.6 Å². The number of hydrogen-bond acceptors (Lipinski definition) is 4. The van der Waals surface area contributed by atoms with E-state index < -0.39 is 21.8 Å². The molecule has 0 atom stereocenters. The lowest BCUT2D eigenvalue weighted by molar-refractivity contribution is -0.136. The van der Waals surface area contributed by atoms with Gasteiger partial charge in [0.15, 0.2) is 5.65 Å². The summed E-state index contributed by atoms with van der Waals surface area (Å²) in [6, 6.07) is 5.90. The molecule has 0 fully saturated rings. The molecule has 0 radical (unpaired) electrons. The molecule has 160 valence electrons. The second-order valence-electron chi connectivity index (χ2n) is 7.16. The highest BCUT2D eigenvalue weighted by molar-refractivity contribution is 7.89. The number of halogens is 4. The van der Waals surface area contributed by atoms with E-state index in [4.69, 9.17) is 11.6 Å². The molecule has 0 saturated heterocycles. The molecule has 1 aromatic carbocycles. The summed E-state index contributed by atoms with van der Waals surface area (Å²) in [5, 5.41) is 7.26. The molecule has 0 aliphatic heterocycles. The molecule has 1 N–H and O–H groups in total. The predicted molar refractivity (Wildman–Crippen MR) is 105 cm³/mol. The van der Waals surface area contributed by atoms with Crippen LogP contribution in [-0.2, 0) is 35.5 Å². The van der Waals surface area contributed by atoms with E-state index in [9.17, 15) is 21.6 Å². The number of aromatic nitrogens is 3. The third kappa shape index (κ3) is 4.17. The summed E-state index contributed by atoms with van der Waals surface area (Å²) in [7, 11) is -3.75. The molecule has 4 rings (SSSR count). The number of aryl methyl sites for hydroxylation is 2. The molecule has 11 heteroatoms. The quantitative estimate of drug-likeness (QED) is 0.631. The average molecular weight is 459 g/mol. The molecule has 1 aliphatic carbocycles. The minimum Gasteiger partial charge on any atom is -0.284 e. The van der Waals surface area contributed by atoms with Crippen LogP contribution < -0.4 is 4.72 Å². The molecule has 0 bridgehead atoms. The summed E-state index contributed by atoms with van der Waals surface area (Å²) in [5.74, 6) is 0.172. The number of benzene rings is 1. The summed E-state index contributed by atoms with van der Waals surface area (Å²) >= 11 is 5.82. The molecule has 30 heavy (non-hydrogen) atoms. The number of sulfonamides is 1. The number of fused-ring (bicyclic) bond motifs is 2. The molecular formula is C19H18ClF3N4O2S. The molecule has 3 aromatic rings. The van der Waals surface area contributed by atoms with E-state index in [0.29, 0.717) is 0 Å². The van der Waals surface area contributed by atoms with Gasteiger partial charge in [-0.05, 0) is 55.0 Å². The Kier molecular flexibility index (Phi) is 5.50. The van der Waals surface area contributed by atoms with Crippen LogP contribution in [0.4, 0.5) is 13.2 Å². The molecule has 2 heterocycles. The molecular weight excluding hydrogens is 441 g/mol. The van der Waals surface area contributed by atoms with Gasteiger partial charge in [-0.3, -0.25) is 4.40 Å². The first-order chi connectivity index (χ1) is 14.1. The molecule has 0 amide bonds. The summed E-state index contributed by atoms with van der Waals surface area (Å²) in [5.41, 5.74) is 0.845. The molecule has 1 aliphatic rings. The lowest BCUT2D eigenvalue weighted by Crippen LogP contribution is -2.26. The zero-order chi connectivity index (χ0) is 21.5. The number of hydrogen-bond donors (Lipinski definition) is 1. The first-order valence-corrected chi connectivity index (χ1v) is 11.2. The maximum Gasteiger partial charge on any atom is 0.420 e. The zero-order valence-corrected chi connectivity index (χ0v) is 17.3. The van der Waals surface area contributed by atoms with Gasteiger partial charge in [-0.15, -0.1) is 10.2 Å². The van der Waals surface area contributed by atoms with Gasteiger partial charge in [-0.2, -0.15) is 13.2 Å². The van der Waals surface area contributed by atoms with Crippen molar-refractivity contribution in [2.75, 3.05) is 6.54 Å². The fourth-order valence-corrected chi connectivity index (χ4v) is 4.93. The van der Waals surface area contributed by atoms with Gasteiger partial charge in [0, 0.05) is 19.2 Å². The smallest absolute Gasteiger partial charge is 0.284 e. The Hall–Kier alpha value is -2.17. The van der Waals surface area contributed by atoms with Gasteiger partial charge < -0.3 is 0 Å². The maximum atomic E-state index is 13.2. The fraction of sp³-hybridized carbons (Fsp3) is 0.368. The first kappa shape index (κ1) is 21.1. The van der Waals surface area contributed by atoms with Crippen molar-refractivity contribution in [2.45, 2.75) is 43.2 Å². The van der Waals surface area contributed by atoms with Gasteiger partial charge in [-0.1, -0.05) is 17.7 Å². The molecule has 2 aromatic heterocycles. The lowest BCUT2D eigenvalue weighted by Gasteiger charge is -2.16. The van der Waals surface area contributed by atoms with Crippen LogP contribution in [0, 0.1) is 0 Å². The van der Waals surface area contributed by atoms with Crippen LogP contribution in [0.5, 0.6) is 0 Å². The van der Waals surface area contributed by atoms with Crippen LogP contribution in [0.2, 0.25) is 5.02 Å². The maximum absolute atomic E-state index is 13.2. The third-order valence-electron chi connectivity index (χ3n) is 5.12. The Labute approximate surface area is 176 Å². The van der Waals surface area contributed by atoms with E-state index in [2.05, 4.69) is 14.9 Å². The fourth-order valence-electron chi connectivity index (χ4n) is 3.64. The predicted octanol–water partition coefficient (Wildman–Crippen LogP) is 3.80. The van der Waals surface area contributed by atoms with E-state index >= 15 is 0 Å². The van der Waals surface area contributed by atoms with Crippen molar-refractivity contribution in [1.82, 2.24) is 19.3 Å². The molecule has 6 nitrogen and oxygen atoms in total. The highest BCUT2D eigenvalue weighted by Crippen LogP contribution is 2.33. The van der Waals surface area contributed by atoms with E-state index in [1.807, 2.05) is 6.07 Å². The van der Waals surface area contributed by atoms with Gasteiger partial charge in [0.1, 0.15) is 11.4 Å². The van der Waals surface area contributed by atoms with Crippen LogP contribution >= 0.6 is 11.6 Å². The van der Waals surface area contributed by atoms with Crippen LogP contribution in [-0.4, -0.2) is 29.6 Å². The standard InChI is InChI=1S/C19H18ClF3N4O2S/c20-14-10-16(19(21,22)23)18-26-25-17(27(18)11-14)7-8-24-30(28,29)15-6-5-12-3-1-2-4-13(12)9-15/h5-6,9-11,24H,1-4,7-8H2. The summed E-state index contributed by atoms with van der Waals surface area (Å²) in [4.78, 5) is 0.177. The van der Waals surface area contributed by atoms with Crippen molar-refractivity contribution in [2.24, 2.45) is 0 Å². The topological polar surface area (TPSA) is 76.4 Å². The number of pyridine rings is 1. The Morgan fingerprint density at radius 3 is 2.57 bits per heavy atom. The number of nitrogens with zero attached hydrogens (tertiary/aromatic N) is 3. The number of nitrogens with one attached hydrogen (secondary N) is 1. The van der Waals surface area contributed by atoms with Crippen LogP contribution in [0.15, 0.2) is 35.4 Å². The monoisotopic (exact) mass is 458 g/mol. The summed E-state index contributed by atoms with van der Waals surface area (Å²) in [6.45, 7) is -0.0475. The Bertz CT molecular complexity index is 1210. The minimum absolute atomic E-state index is 0.0446. The zero-order valence-electron chi connectivity index (χ0n) is 15.7. The van der Waals surface area contributed by atoms with Crippen LogP contribution in [0.3, 0.4) is 0 Å². The van der Waals surface area contributed by atoms with Crippen molar-refractivity contribution in [1.29, 1.82) is 0 Å². The van der Waals surface area contributed by atoms with Gasteiger partial charge in [0.05, 0.1) is 9.92 Å². The van der Waals surface area contributed by atoms with Crippen molar-refractivity contribution >= 4 is 27.3 Å². The van der Waals surface area contributed by atoms with Gasteiger partial charge in [0.2, 0.25) is 10.0 Å². The van der Waals surface area contributed by atoms with Crippen LogP contribution in [0.25, 0.3) is 5.65 Å². The third-order valence-corrected chi connectivity index (χ3v) is 6.78. The Balaban J connectivity index is 1.52. The van der Waals surface area contributed by atoms with Crippen molar-refractivity contribution in [3.8, 4) is 0 Å². The summed E-state index contributed by atoms with van der Waals surface area (Å²) < 4.78 is 68.4. The van der Waals surface area contributed by atoms with Crippen LogP contribution in [0.1, 0.15) is 35.4 Å². The highest BCUT2D eigenvalue weighted by Gasteiger charge is 2.35. The van der Waals surface area contributed by atoms with Gasteiger partial charge in [0.25, 0.3) is 0 Å².